The number of rotatable bonds is 4. The van der Waals surface area contributed by atoms with Crippen LogP contribution in [-0.2, 0) is 19.0 Å². The van der Waals surface area contributed by atoms with Crippen molar-refractivity contribution in [2.24, 2.45) is 17.8 Å². The van der Waals surface area contributed by atoms with Crippen molar-refractivity contribution in [3.8, 4) is 0 Å². The standard InChI is InChI=1S/C16H22O4/c1-8(2)15(17)18-9(3)20-16-5-4-10(7-16)11-6-12-14(19-12)13(11)16/h9-14H,1,4-7H2,2-3H3. The van der Waals surface area contributed by atoms with E-state index in [9.17, 15) is 4.79 Å². The first-order valence-corrected chi connectivity index (χ1v) is 7.70. The van der Waals surface area contributed by atoms with Crippen LogP contribution in [0.5, 0.6) is 0 Å². The van der Waals surface area contributed by atoms with E-state index in [1.54, 1.807) is 6.92 Å². The van der Waals surface area contributed by atoms with Gasteiger partial charge in [-0.25, -0.2) is 4.79 Å². The lowest BCUT2D eigenvalue weighted by molar-refractivity contribution is -0.215. The summed E-state index contributed by atoms with van der Waals surface area (Å²) in [5.41, 5.74) is 0.304. The zero-order chi connectivity index (χ0) is 14.1. The Labute approximate surface area is 119 Å². The molecule has 0 amide bonds. The van der Waals surface area contributed by atoms with Gasteiger partial charge in [-0.05, 0) is 51.4 Å². The van der Waals surface area contributed by atoms with Crippen molar-refractivity contribution in [3.63, 3.8) is 0 Å². The van der Waals surface area contributed by atoms with Crippen LogP contribution in [0.4, 0.5) is 0 Å². The molecule has 0 radical (unpaired) electrons. The van der Waals surface area contributed by atoms with E-state index in [4.69, 9.17) is 14.2 Å². The largest absolute Gasteiger partial charge is 0.433 e. The van der Waals surface area contributed by atoms with E-state index < -0.39 is 6.29 Å². The molecule has 1 heterocycles. The van der Waals surface area contributed by atoms with E-state index in [1.807, 2.05) is 6.92 Å². The monoisotopic (exact) mass is 278 g/mol. The summed E-state index contributed by atoms with van der Waals surface area (Å²) in [5, 5.41) is 0. The molecule has 20 heavy (non-hydrogen) atoms. The number of carbonyl (C=O) groups excluding carboxylic acids is 1. The fourth-order valence-corrected chi connectivity index (χ4v) is 5.03. The molecule has 4 aliphatic rings. The van der Waals surface area contributed by atoms with Gasteiger partial charge in [-0.2, -0.15) is 0 Å². The van der Waals surface area contributed by atoms with Crippen LogP contribution < -0.4 is 0 Å². The summed E-state index contributed by atoms with van der Waals surface area (Å²) in [6.07, 6.45) is 5.06. The molecule has 7 unspecified atom stereocenters. The molecule has 1 saturated heterocycles. The number of carbonyl (C=O) groups is 1. The molecule has 4 heteroatoms. The lowest BCUT2D eigenvalue weighted by atomic mass is 9.78. The normalized spacial score (nSPS) is 48.6. The summed E-state index contributed by atoms with van der Waals surface area (Å²) >= 11 is 0. The highest BCUT2D eigenvalue weighted by Crippen LogP contribution is 2.67. The Balaban J connectivity index is 1.47. The molecular weight excluding hydrogens is 256 g/mol. The first kappa shape index (κ1) is 12.8. The van der Waals surface area contributed by atoms with Gasteiger partial charge in [0, 0.05) is 11.5 Å². The molecule has 0 aromatic heterocycles. The maximum absolute atomic E-state index is 11.6. The van der Waals surface area contributed by atoms with Crippen LogP contribution in [0.3, 0.4) is 0 Å². The maximum atomic E-state index is 11.6. The minimum atomic E-state index is -0.505. The average Bonchev–Trinajstić information content (AvgIpc) is 2.77. The predicted molar refractivity (Wildman–Crippen MR) is 71.8 cm³/mol. The molecule has 0 N–H and O–H groups in total. The fourth-order valence-electron chi connectivity index (χ4n) is 5.03. The molecule has 4 rings (SSSR count). The third-order valence-corrected chi connectivity index (χ3v) is 5.72. The molecule has 110 valence electrons. The van der Waals surface area contributed by atoms with Crippen LogP contribution in [0.2, 0.25) is 0 Å². The van der Waals surface area contributed by atoms with Crippen molar-refractivity contribution >= 4 is 5.97 Å². The van der Waals surface area contributed by atoms with Crippen molar-refractivity contribution in [3.05, 3.63) is 12.2 Å². The van der Waals surface area contributed by atoms with Crippen molar-refractivity contribution < 1.29 is 19.0 Å². The number of hydrogen-bond acceptors (Lipinski definition) is 4. The summed E-state index contributed by atoms with van der Waals surface area (Å²) in [6.45, 7) is 7.08. The van der Waals surface area contributed by atoms with Crippen molar-refractivity contribution in [2.45, 2.75) is 63.6 Å². The van der Waals surface area contributed by atoms with Crippen molar-refractivity contribution in [2.75, 3.05) is 0 Å². The van der Waals surface area contributed by atoms with Gasteiger partial charge in [-0.3, -0.25) is 0 Å². The predicted octanol–water partition coefficient (Wildman–Crippen LogP) is 2.42. The summed E-state index contributed by atoms with van der Waals surface area (Å²) in [5.74, 6) is 1.72. The SMILES string of the molecule is C=C(C)C(=O)OC(C)OC12CCC(C1)C1CC3OC3C12. The Morgan fingerprint density at radius 3 is 3.05 bits per heavy atom. The Morgan fingerprint density at radius 1 is 1.50 bits per heavy atom. The third kappa shape index (κ3) is 1.70. The minimum absolute atomic E-state index is 0.111. The highest BCUT2D eigenvalue weighted by Gasteiger charge is 2.71. The Kier molecular flexibility index (Phi) is 2.62. The molecule has 4 nitrogen and oxygen atoms in total. The van der Waals surface area contributed by atoms with Crippen LogP contribution in [0, 0.1) is 17.8 Å². The molecule has 4 fully saturated rings. The maximum Gasteiger partial charge on any atom is 0.335 e. The van der Waals surface area contributed by atoms with Crippen LogP contribution in [0.15, 0.2) is 12.2 Å². The Bertz CT molecular complexity index is 473. The number of ether oxygens (including phenoxy) is 3. The van der Waals surface area contributed by atoms with Gasteiger partial charge in [0.2, 0.25) is 6.29 Å². The van der Waals surface area contributed by atoms with Crippen LogP contribution in [0.1, 0.15) is 39.5 Å². The molecule has 3 saturated carbocycles. The second-order valence-electron chi connectivity index (χ2n) is 7.00. The minimum Gasteiger partial charge on any atom is -0.433 e. The fraction of sp³-hybridized carbons (Fsp3) is 0.812. The van der Waals surface area contributed by atoms with E-state index in [0.717, 1.165) is 24.7 Å². The first-order chi connectivity index (χ1) is 9.50. The topological polar surface area (TPSA) is 48.1 Å². The summed E-state index contributed by atoms with van der Waals surface area (Å²) < 4.78 is 17.3. The van der Waals surface area contributed by atoms with Gasteiger partial charge in [0.15, 0.2) is 0 Å². The zero-order valence-electron chi connectivity index (χ0n) is 12.1. The molecule has 7 atom stereocenters. The first-order valence-electron chi connectivity index (χ1n) is 7.70. The van der Waals surface area contributed by atoms with Gasteiger partial charge in [-0.1, -0.05) is 6.58 Å². The van der Waals surface area contributed by atoms with Crippen LogP contribution in [-0.4, -0.2) is 30.1 Å². The van der Waals surface area contributed by atoms with Crippen LogP contribution in [0.25, 0.3) is 0 Å². The smallest absolute Gasteiger partial charge is 0.335 e. The molecular formula is C16H22O4. The molecule has 2 bridgehead atoms. The number of hydrogen-bond donors (Lipinski definition) is 0. The zero-order valence-corrected chi connectivity index (χ0v) is 12.1. The molecule has 3 aliphatic carbocycles. The third-order valence-electron chi connectivity index (χ3n) is 5.72. The summed E-state index contributed by atoms with van der Waals surface area (Å²) in [4.78, 5) is 11.6. The highest BCUT2D eigenvalue weighted by atomic mass is 16.7. The highest BCUT2D eigenvalue weighted by molar-refractivity contribution is 5.86. The van der Waals surface area contributed by atoms with Gasteiger partial charge in [-0.15, -0.1) is 0 Å². The van der Waals surface area contributed by atoms with E-state index in [0.29, 0.717) is 23.7 Å². The molecule has 0 spiro atoms. The van der Waals surface area contributed by atoms with Crippen molar-refractivity contribution in [1.29, 1.82) is 0 Å². The number of esters is 1. The van der Waals surface area contributed by atoms with Gasteiger partial charge in [0.05, 0.1) is 17.8 Å². The lowest BCUT2D eigenvalue weighted by Crippen LogP contribution is -2.43. The van der Waals surface area contributed by atoms with Gasteiger partial charge >= 0.3 is 5.97 Å². The second kappa shape index (κ2) is 4.08. The van der Waals surface area contributed by atoms with E-state index in [2.05, 4.69) is 6.58 Å². The number of fused-ring (bicyclic) bond motifs is 7. The Morgan fingerprint density at radius 2 is 2.30 bits per heavy atom. The van der Waals surface area contributed by atoms with Crippen LogP contribution >= 0.6 is 0 Å². The van der Waals surface area contributed by atoms with E-state index in [1.165, 1.54) is 12.8 Å². The molecule has 0 aromatic rings. The van der Waals surface area contributed by atoms with E-state index >= 15 is 0 Å². The van der Waals surface area contributed by atoms with Crippen molar-refractivity contribution in [1.82, 2.24) is 0 Å². The second-order valence-corrected chi connectivity index (χ2v) is 7.00. The number of epoxide rings is 1. The average molecular weight is 278 g/mol. The summed E-state index contributed by atoms with van der Waals surface area (Å²) in [6, 6.07) is 0. The lowest BCUT2D eigenvalue weighted by Gasteiger charge is -2.38. The van der Waals surface area contributed by atoms with Gasteiger partial charge in [0.1, 0.15) is 0 Å². The van der Waals surface area contributed by atoms with E-state index in [-0.39, 0.29) is 11.6 Å². The summed E-state index contributed by atoms with van der Waals surface area (Å²) in [7, 11) is 0. The Hall–Kier alpha value is -0.870. The quantitative estimate of drug-likeness (QED) is 0.343. The van der Waals surface area contributed by atoms with Gasteiger partial charge in [0.25, 0.3) is 0 Å². The molecule has 0 aromatic carbocycles. The van der Waals surface area contributed by atoms with Gasteiger partial charge < -0.3 is 14.2 Å². The molecule has 1 aliphatic heterocycles.